The average molecular weight is 473 g/mol. The Morgan fingerprint density at radius 2 is 1.71 bits per heavy atom. The second-order valence-corrected chi connectivity index (χ2v) is 8.33. The molecule has 1 amide bonds. The molecular formula is C28H25FN2O4. The van der Waals surface area contributed by atoms with Gasteiger partial charge in [0.15, 0.2) is 0 Å². The molecule has 3 aromatic carbocycles. The first-order chi connectivity index (χ1) is 16.7. The number of aryl methyl sites for hydroxylation is 2. The average Bonchev–Trinajstić information content (AvgIpc) is 3.20. The summed E-state index contributed by atoms with van der Waals surface area (Å²) in [4.78, 5) is 23.4. The summed E-state index contributed by atoms with van der Waals surface area (Å²) in [6.45, 7) is 5.52. The number of aromatic nitrogens is 1. The molecule has 0 fully saturated rings. The monoisotopic (exact) mass is 472 g/mol. The van der Waals surface area contributed by atoms with Crippen molar-refractivity contribution in [1.29, 1.82) is 0 Å². The fourth-order valence-electron chi connectivity index (χ4n) is 3.95. The Morgan fingerprint density at radius 1 is 0.971 bits per heavy atom. The second-order valence-electron chi connectivity index (χ2n) is 8.33. The molecule has 4 aromatic rings. The summed E-state index contributed by atoms with van der Waals surface area (Å²) in [6, 6.07) is 20.8. The third-order valence-electron chi connectivity index (χ3n) is 5.60. The number of hydrogen-bond acceptors (Lipinski definition) is 3. The summed E-state index contributed by atoms with van der Waals surface area (Å²) in [5, 5.41) is 12.3. The molecule has 7 heteroatoms. The summed E-state index contributed by atoms with van der Waals surface area (Å²) in [5.74, 6) is -1.14. The second kappa shape index (κ2) is 9.85. The minimum absolute atomic E-state index is 0.00576. The van der Waals surface area contributed by atoms with Gasteiger partial charge in [0.2, 0.25) is 5.91 Å². The van der Waals surface area contributed by atoms with E-state index in [-0.39, 0.29) is 29.6 Å². The predicted molar refractivity (Wildman–Crippen MR) is 133 cm³/mol. The minimum atomic E-state index is -1.14. The number of halogens is 1. The van der Waals surface area contributed by atoms with Crippen LogP contribution in [0.25, 0.3) is 16.9 Å². The highest BCUT2D eigenvalue weighted by Crippen LogP contribution is 2.35. The Balaban J connectivity index is 1.76. The Morgan fingerprint density at radius 3 is 2.40 bits per heavy atom. The normalized spacial score (nSPS) is 10.7. The molecule has 2 N–H and O–H groups in total. The number of carbonyl (C=O) groups is 2. The molecule has 0 saturated carbocycles. The molecule has 0 saturated heterocycles. The number of anilines is 1. The molecule has 1 heterocycles. The number of nitrogens with zero attached hydrogens (tertiary/aromatic N) is 1. The van der Waals surface area contributed by atoms with Gasteiger partial charge in [0, 0.05) is 23.9 Å². The number of nitrogens with one attached hydrogen (secondary N) is 1. The molecule has 0 aliphatic rings. The van der Waals surface area contributed by atoms with Crippen molar-refractivity contribution in [3.8, 4) is 22.7 Å². The Kier molecular flexibility index (Phi) is 6.68. The van der Waals surface area contributed by atoms with E-state index in [1.807, 2.05) is 48.7 Å². The molecule has 6 nitrogen and oxygen atoms in total. The Bertz CT molecular complexity index is 1410. The summed E-state index contributed by atoms with van der Waals surface area (Å²) in [6.07, 6.45) is 0. The van der Waals surface area contributed by atoms with E-state index in [9.17, 15) is 19.1 Å². The van der Waals surface area contributed by atoms with Gasteiger partial charge in [0.25, 0.3) is 0 Å². The van der Waals surface area contributed by atoms with Crippen molar-refractivity contribution in [1.82, 2.24) is 4.57 Å². The van der Waals surface area contributed by atoms with Gasteiger partial charge in [-0.25, -0.2) is 9.18 Å². The third kappa shape index (κ3) is 5.24. The molecule has 35 heavy (non-hydrogen) atoms. The summed E-state index contributed by atoms with van der Waals surface area (Å²) < 4.78 is 21.3. The van der Waals surface area contributed by atoms with Crippen LogP contribution in [-0.2, 0) is 11.4 Å². The Hall–Kier alpha value is -4.39. The van der Waals surface area contributed by atoms with Gasteiger partial charge < -0.3 is 19.7 Å². The lowest BCUT2D eigenvalue weighted by Gasteiger charge is -2.18. The van der Waals surface area contributed by atoms with Gasteiger partial charge in [-0.2, -0.15) is 0 Å². The lowest BCUT2D eigenvalue weighted by Crippen LogP contribution is -2.12. The molecule has 0 aliphatic carbocycles. The number of aromatic carboxylic acids is 1. The molecular weight excluding hydrogens is 447 g/mol. The summed E-state index contributed by atoms with van der Waals surface area (Å²) >= 11 is 0. The van der Waals surface area contributed by atoms with Crippen molar-refractivity contribution in [2.75, 3.05) is 5.32 Å². The number of ether oxygens (including phenoxy) is 1. The number of carboxylic acids is 1. The van der Waals surface area contributed by atoms with E-state index in [4.69, 9.17) is 4.74 Å². The fourth-order valence-corrected chi connectivity index (χ4v) is 3.95. The number of hydrogen-bond donors (Lipinski definition) is 2. The zero-order valence-electron chi connectivity index (χ0n) is 19.6. The quantitative estimate of drug-likeness (QED) is 0.339. The lowest BCUT2D eigenvalue weighted by molar-refractivity contribution is -0.114. The van der Waals surface area contributed by atoms with Crippen LogP contribution in [0, 0.1) is 19.7 Å². The predicted octanol–water partition coefficient (Wildman–Crippen LogP) is 6.14. The SMILES string of the molecule is CC(=O)Nc1ccc(-n2c(C)ccc2-c2cc(C)ccc2OCc2ccc(F)cc2)cc1C(=O)O. The van der Waals surface area contributed by atoms with Gasteiger partial charge in [0.05, 0.1) is 16.9 Å². The van der Waals surface area contributed by atoms with E-state index in [1.165, 1.54) is 19.1 Å². The number of benzene rings is 3. The summed E-state index contributed by atoms with van der Waals surface area (Å²) in [5.41, 5.74) is 5.30. The minimum Gasteiger partial charge on any atom is -0.488 e. The topological polar surface area (TPSA) is 80.6 Å². The first kappa shape index (κ1) is 23.8. The van der Waals surface area contributed by atoms with E-state index in [1.54, 1.807) is 30.3 Å². The molecule has 1 aromatic heterocycles. The highest BCUT2D eigenvalue weighted by Gasteiger charge is 2.18. The van der Waals surface area contributed by atoms with E-state index in [2.05, 4.69) is 5.32 Å². The first-order valence-corrected chi connectivity index (χ1v) is 11.0. The van der Waals surface area contributed by atoms with Crippen LogP contribution in [0.1, 0.15) is 34.1 Å². The molecule has 4 rings (SSSR count). The van der Waals surface area contributed by atoms with E-state index in [0.717, 1.165) is 28.1 Å². The van der Waals surface area contributed by atoms with Crippen molar-refractivity contribution < 1.29 is 23.8 Å². The van der Waals surface area contributed by atoms with Crippen LogP contribution in [0.5, 0.6) is 5.75 Å². The van der Waals surface area contributed by atoms with E-state index < -0.39 is 5.97 Å². The van der Waals surface area contributed by atoms with Gasteiger partial charge in [-0.3, -0.25) is 4.79 Å². The van der Waals surface area contributed by atoms with Crippen LogP contribution in [0.15, 0.2) is 72.8 Å². The van der Waals surface area contributed by atoms with Crippen LogP contribution in [0.3, 0.4) is 0 Å². The zero-order valence-corrected chi connectivity index (χ0v) is 19.6. The van der Waals surface area contributed by atoms with Crippen LogP contribution in [0.4, 0.5) is 10.1 Å². The molecule has 0 spiro atoms. The van der Waals surface area contributed by atoms with Gasteiger partial charge in [0.1, 0.15) is 18.2 Å². The highest BCUT2D eigenvalue weighted by atomic mass is 19.1. The van der Waals surface area contributed by atoms with Crippen molar-refractivity contribution in [3.05, 3.63) is 101 Å². The van der Waals surface area contributed by atoms with Gasteiger partial charge in [-0.05, 0) is 74.0 Å². The molecule has 0 aliphatic heterocycles. The van der Waals surface area contributed by atoms with Gasteiger partial charge in [-0.15, -0.1) is 0 Å². The largest absolute Gasteiger partial charge is 0.488 e. The zero-order chi connectivity index (χ0) is 25.1. The van der Waals surface area contributed by atoms with Crippen molar-refractivity contribution >= 4 is 17.6 Å². The fraction of sp³-hybridized carbons (Fsp3) is 0.143. The number of carbonyl (C=O) groups excluding carboxylic acids is 1. The molecule has 0 bridgehead atoms. The molecule has 0 radical (unpaired) electrons. The van der Waals surface area contributed by atoms with Gasteiger partial charge >= 0.3 is 5.97 Å². The van der Waals surface area contributed by atoms with Crippen molar-refractivity contribution in [2.45, 2.75) is 27.4 Å². The van der Waals surface area contributed by atoms with Crippen LogP contribution in [0.2, 0.25) is 0 Å². The van der Waals surface area contributed by atoms with Crippen molar-refractivity contribution in [2.24, 2.45) is 0 Å². The molecule has 0 atom stereocenters. The Labute approximate surface area is 202 Å². The molecule has 178 valence electrons. The number of carboxylic acid groups (broad SMARTS) is 1. The van der Waals surface area contributed by atoms with Crippen LogP contribution < -0.4 is 10.1 Å². The van der Waals surface area contributed by atoms with Crippen LogP contribution >= 0.6 is 0 Å². The lowest BCUT2D eigenvalue weighted by atomic mass is 10.1. The smallest absolute Gasteiger partial charge is 0.337 e. The number of amides is 1. The van der Waals surface area contributed by atoms with Crippen LogP contribution in [-0.4, -0.2) is 21.6 Å². The van der Waals surface area contributed by atoms with E-state index in [0.29, 0.717) is 11.4 Å². The highest BCUT2D eigenvalue weighted by molar-refractivity contribution is 6.00. The maximum absolute atomic E-state index is 13.3. The maximum Gasteiger partial charge on any atom is 0.337 e. The first-order valence-electron chi connectivity index (χ1n) is 11.0. The number of rotatable bonds is 7. The summed E-state index contributed by atoms with van der Waals surface area (Å²) in [7, 11) is 0. The van der Waals surface area contributed by atoms with Crippen molar-refractivity contribution in [3.63, 3.8) is 0 Å². The molecule has 0 unspecified atom stereocenters. The standard InChI is InChI=1S/C28H25FN2O4/c1-17-4-13-27(35-16-20-6-8-21(29)9-7-20)24(14-17)26-12-5-18(2)31(26)22-10-11-25(30-19(3)32)23(15-22)28(33)34/h4-15H,16H2,1-3H3,(H,30,32)(H,33,34). The third-order valence-corrected chi connectivity index (χ3v) is 5.60. The van der Waals surface area contributed by atoms with E-state index >= 15 is 0 Å². The van der Waals surface area contributed by atoms with Gasteiger partial charge in [-0.1, -0.05) is 23.8 Å². The maximum atomic E-state index is 13.3.